The van der Waals surface area contributed by atoms with Gasteiger partial charge in [-0.05, 0) is 75.5 Å². The van der Waals surface area contributed by atoms with Crippen molar-refractivity contribution in [1.29, 1.82) is 0 Å². The first kappa shape index (κ1) is 36.9. The summed E-state index contributed by atoms with van der Waals surface area (Å²) in [5, 5.41) is 0. The third kappa shape index (κ3) is 16.6. The van der Waals surface area contributed by atoms with E-state index in [4.69, 9.17) is 0 Å². The predicted molar refractivity (Wildman–Crippen MR) is 170 cm³/mol. The molecule has 0 aromatic heterocycles. The lowest BCUT2D eigenvalue weighted by Gasteiger charge is -2.41. The number of hydrogen-bond donors (Lipinski definition) is 0. The summed E-state index contributed by atoms with van der Waals surface area (Å²) in [6.45, 7) is 33.2. The topological polar surface area (TPSA) is 0 Å². The van der Waals surface area contributed by atoms with Crippen LogP contribution in [0.15, 0.2) is 0 Å². The van der Waals surface area contributed by atoms with E-state index in [1.54, 1.807) is 0 Å². The molecular weight excluding hydrogens is 448 g/mol. The Hall–Kier alpha value is -0.0800. The highest BCUT2D eigenvalue weighted by Crippen LogP contribution is 2.34. The maximum absolute atomic E-state index is 2.53. The minimum atomic E-state index is 0.428. The average molecular weight is 525 g/mol. The van der Waals surface area contributed by atoms with E-state index in [0.29, 0.717) is 5.41 Å². The third-order valence-corrected chi connectivity index (χ3v) is 9.51. The fraction of sp³-hybridized carbons (Fsp3) is 1.00. The van der Waals surface area contributed by atoms with Crippen LogP contribution in [0.5, 0.6) is 0 Å². The molecule has 0 bridgehead atoms. The van der Waals surface area contributed by atoms with Gasteiger partial charge in [0.05, 0.1) is 52.4 Å². The van der Waals surface area contributed by atoms with Crippen molar-refractivity contribution in [3.63, 3.8) is 0 Å². The van der Waals surface area contributed by atoms with Crippen LogP contribution < -0.4 is 0 Å². The van der Waals surface area contributed by atoms with E-state index >= 15 is 0 Å². The summed E-state index contributed by atoms with van der Waals surface area (Å²) in [4.78, 5) is 0. The predicted octanol–water partition coefficient (Wildman–Crippen LogP) is 10.6. The molecule has 0 aliphatic heterocycles. The van der Waals surface area contributed by atoms with E-state index in [0.717, 1.165) is 5.92 Å². The summed E-state index contributed by atoms with van der Waals surface area (Å²) < 4.78 is 2.83. The van der Waals surface area contributed by atoms with Crippen LogP contribution in [-0.4, -0.2) is 61.3 Å². The minimum absolute atomic E-state index is 0.428. The SMILES string of the molecule is CCCC[N+](CCCC)(CCCC)CCCC(CCC[N+](CCCC)(CCCC)CCCC)C(C)(C)C. The van der Waals surface area contributed by atoms with Crippen molar-refractivity contribution >= 4 is 0 Å². The summed E-state index contributed by atoms with van der Waals surface area (Å²) >= 11 is 0. The van der Waals surface area contributed by atoms with Gasteiger partial charge in [-0.25, -0.2) is 0 Å². The molecule has 0 N–H and O–H groups in total. The highest BCUT2D eigenvalue weighted by molar-refractivity contribution is 4.74. The molecule has 0 rings (SSSR count). The summed E-state index contributed by atoms with van der Waals surface area (Å²) in [5.74, 6) is 0.864. The summed E-state index contributed by atoms with van der Waals surface area (Å²) in [7, 11) is 0. The van der Waals surface area contributed by atoms with Gasteiger partial charge in [-0.1, -0.05) is 101 Å². The molecule has 0 heterocycles. The monoisotopic (exact) mass is 525 g/mol. The highest BCUT2D eigenvalue weighted by Gasteiger charge is 2.30. The van der Waals surface area contributed by atoms with Gasteiger partial charge in [0.25, 0.3) is 0 Å². The molecule has 0 saturated carbocycles. The minimum Gasteiger partial charge on any atom is -0.324 e. The summed E-state index contributed by atoms with van der Waals surface area (Å²) in [6, 6.07) is 0. The number of unbranched alkanes of at least 4 members (excludes halogenated alkanes) is 6. The summed E-state index contributed by atoms with van der Waals surface area (Å²) in [5.41, 5.74) is 0.428. The Morgan fingerprint density at radius 2 is 0.595 bits per heavy atom. The molecule has 0 aromatic rings. The van der Waals surface area contributed by atoms with Gasteiger partial charge >= 0.3 is 0 Å². The van der Waals surface area contributed by atoms with Crippen molar-refractivity contribution in [2.24, 2.45) is 11.3 Å². The molecule has 0 spiro atoms. The number of nitrogens with zero attached hydrogens (tertiary/aromatic N) is 2. The molecule has 37 heavy (non-hydrogen) atoms. The van der Waals surface area contributed by atoms with Crippen LogP contribution in [-0.2, 0) is 0 Å². The quantitative estimate of drug-likeness (QED) is 0.0987. The lowest BCUT2D eigenvalue weighted by molar-refractivity contribution is -0.929. The van der Waals surface area contributed by atoms with Gasteiger partial charge in [0.15, 0.2) is 0 Å². The number of hydrogen-bond acceptors (Lipinski definition) is 0. The normalized spacial score (nSPS) is 13.1. The van der Waals surface area contributed by atoms with Crippen molar-refractivity contribution in [2.45, 2.75) is 165 Å². The fourth-order valence-electron chi connectivity index (χ4n) is 6.66. The van der Waals surface area contributed by atoms with Crippen molar-refractivity contribution in [1.82, 2.24) is 0 Å². The highest BCUT2D eigenvalue weighted by atomic mass is 15.4. The average Bonchev–Trinajstić information content (AvgIpc) is 2.88. The van der Waals surface area contributed by atoms with Crippen LogP contribution >= 0.6 is 0 Å². The van der Waals surface area contributed by atoms with E-state index < -0.39 is 0 Å². The van der Waals surface area contributed by atoms with Gasteiger partial charge in [0, 0.05) is 0 Å². The largest absolute Gasteiger partial charge is 0.324 e. The molecule has 0 fully saturated rings. The van der Waals surface area contributed by atoms with Crippen LogP contribution in [0.25, 0.3) is 0 Å². The van der Waals surface area contributed by atoms with Gasteiger partial charge in [-0.15, -0.1) is 0 Å². The van der Waals surface area contributed by atoms with Crippen LogP contribution in [0.1, 0.15) is 165 Å². The third-order valence-electron chi connectivity index (χ3n) is 9.51. The Balaban J connectivity index is 5.31. The second-order valence-electron chi connectivity index (χ2n) is 13.9. The van der Waals surface area contributed by atoms with Crippen molar-refractivity contribution in [3.8, 4) is 0 Å². The van der Waals surface area contributed by atoms with Gasteiger partial charge in [-0.3, -0.25) is 0 Å². The van der Waals surface area contributed by atoms with E-state index in [-0.39, 0.29) is 0 Å². The molecule has 2 heteroatoms. The standard InChI is InChI=1S/C35H76N2/c1-10-16-26-36(27-17-11-2,28-18-12-3)32-22-24-34(35(7,8)9)25-23-33-37(29-19-13-4,30-20-14-5)31-21-15-6/h34H,10-33H2,1-9H3/q+2. The van der Waals surface area contributed by atoms with Gasteiger partial charge < -0.3 is 8.97 Å². The van der Waals surface area contributed by atoms with Gasteiger partial charge in [0.1, 0.15) is 0 Å². The maximum Gasteiger partial charge on any atom is 0.0786 e. The Bertz CT molecular complexity index is 410. The van der Waals surface area contributed by atoms with Crippen molar-refractivity contribution < 1.29 is 8.97 Å². The second-order valence-corrected chi connectivity index (χ2v) is 13.9. The lowest BCUT2D eigenvalue weighted by atomic mass is 9.75. The van der Waals surface area contributed by atoms with Crippen LogP contribution in [0, 0.1) is 11.3 Å². The first-order valence-corrected chi connectivity index (χ1v) is 17.4. The van der Waals surface area contributed by atoms with Crippen LogP contribution in [0.2, 0.25) is 0 Å². The van der Waals surface area contributed by atoms with Crippen LogP contribution in [0.4, 0.5) is 0 Å². The first-order chi connectivity index (χ1) is 17.7. The molecule has 0 amide bonds. The molecule has 0 radical (unpaired) electrons. The molecule has 0 aromatic carbocycles. The molecule has 0 aliphatic rings. The van der Waals surface area contributed by atoms with E-state index in [2.05, 4.69) is 62.3 Å². The fourth-order valence-corrected chi connectivity index (χ4v) is 6.66. The number of rotatable bonds is 26. The molecule has 224 valence electrons. The number of quaternary nitrogens is 2. The molecular formula is C35H76N2+2. The first-order valence-electron chi connectivity index (χ1n) is 17.4. The van der Waals surface area contributed by atoms with E-state index in [9.17, 15) is 0 Å². The molecule has 0 aliphatic carbocycles. The zero-order valence-corrected chi connectivity index (χ0v) is 27.9. The molecule has 0 unspecified atom stereocenters. The Kier molecular flexibility index (Phi) is 21.7. The van der Waals surface area contributed by atoms with Gasteiger partial charge in [-0.2, -0.15) is 0 Å². The Morgan fingerprint density at radius 3 is 0.784 bits per heavy atom. The van der Waals surface area contributed by atoms with Crippen molar-refractivity contribution in [3.05, 3.63) is 0 Å². The zero-order chi connectivity index (χ0) is 28.0. The molecule has 2 nitrogen and oxygen atoms in total. The van der Waals surface area contributed by atoms with Gasteiger partial charge in [0.2, 0.25) is 0 Å². The van der Waals surface area contributed by atoms with Crippen LogP contribution in [0.3, 0.4) is 0 Å². The Morgan fingerprint density at radius 1 is 0.378 bits per heavy atom. The second kappa shape index (κ2) is 21.7. The Labute approximate surface area is 237 Å². The van der Waals surface area contributed by atoms with E-state index in [1.807, 2.05) is 0 Å². The van der Waals surface area contributed by atoms with Crippen molar-refractivity contribution in [2.75, 3.05) is 52.4 Å². The maximum atomic E-state index is 2.53. The smallest absolute Gasteiger partial charge is 0.0786 e. The van der Waals surface area contributed by atoms with E-state index in [1.165, 1.54) is 164 Å². The zero-order valence-electron chi connectivity index (χ0n) is 27.9. The molecule has 0 atom stereocenters. The lowest BCUT2D eigenvalue weighted by Crippen LogP contribution is -2.51. The summed E-state index contributed by atoms with van der Waals surface area (Å²) in [6.07, 6.45) is 22.2. The molecule has 0 saturated heterocycles.